The zero-order valence-corrected chi connectivity index (χ0v) is 18.7. The molecule has 1 N–H and O–H groups in total. The van der Waals surface area contributed by atoms with Crippen LogP contribution in [0.3, 0.4) is 0 Å². The molecule has 6 rings (SSSR count). The molecule has 168 valence electrons. The third-order valence-electron chi connectivity index (χ3n) is 7.25. The van der Waals surface area contributed by atoms with Crippen molar-refractivity contribution in [3.8, 4) is 0 Å². The molecule has 4 saturated carbocycles. The van der Waals surface area contributed by atoms with E-state index in [1.165, 1.54) is 62.4 Å². The van der Waals surface area contributed by atoms with Crippen LogP contribution in [0.4, 0.5) is 11.4 Å². The third kappa shape index (κ3) is 3.83. The number of amides is 1. The van der Waals surface area contributed by atoms with Gasteiger partial charge in [0, 0.05) is 18.0 Å². The van der Waals surface area contributed by atoms with Crippen LogP contribution in [0.2, 0.25) is 0 Å². The first-order valence-corrected chi connectivity index (χ1v) is 12.2. The van der Waals surface area contributed by atoms with Crippen molar-refractivity contribution in [2.24, 2.45) is 17.8 Å². The predicted octanol–water partition coefficient (Wildman–Crippen LogP) is 4.57. The highest BCUT2D eigenvalue weighted by atomic mass is 32.2. The smallest absolute Gasteiger partial charge is 0.292 e. The molecule has 1 amide bonds. The van der Waals surface area contributed by atoms with Crippen LogP contribution >= 0.6 is 11.8 Å². The number of aromatic nitrogens is 3. The Morgan fingerprint density at radius 1 is 1.22 bits per heavy atom. The summed E-state index contributed by atoms with van der Waals surface area (Å²) in [5.74, 6) is 3.25. The normalized spacial score (nSPS) is 27.9. The number of nitro groups is 1. The van der Waals surface area contributed by atoms with E-state index >= 15 is 0 Å². The summed E-state index contributed by atoms with van der Waals surface area (Å²) in [6, 6.07) is 6.15. The monoisotopic (exact) mass is 453 g/mol. The number of hydrogen-bond donors (Lipinski definition) is 1. The van der Waals surface area contributed by atoms with Crippen LogP contribution in [-0.2, 0) is 16.8 Å². The summed E-state index contributed by atoms with van der Waals surface area (Å²) in [5, 5.41) is 23.6. The van der Waals surface area contributed by atoms with Gasteiger partial charge in [-0.3, -0.25) is 14.9 Å². The SMILES string of the molecule is C=CCn1c(SCC(=O)Nc2ccccc2[N+](=O)[O-])nnc1C12CC3CC(CC(C3)C1)C2. The second-order valence-electron chi connectivity index (χ2n) is 9.51. The number of nitrogens with zero attached hydrogens (tertiary/aromatic N) is 4. The first-order valence-electron chi connectivity index (χ1n) is 11.2. The zero-order valence-electron chi connectivity index (χ0n) is 17.9. The Kier molecular flexibility index (Phi) is 5.53. The van der Waals surface area contributed by atoms with Crippen molar-refractivity contribution in [3.63, 3.8) is 0 Å². The van der Waals surface area contributed by atoms with Gasteiger partial charge in [0.15, 0.2) is 5.16 Å². The molecule has 4 aliphatic carbocycles. The Bertz CT molecular complexity index is 1030. The molecular weight excluding hydrogens is 426 g/mol. The largest absolute Gasteiger partial charge is 0.320 e. The molecule has 4 aliphatic rings. The van der Waals surface area contributed by atoms with E-state index in [-0.39, 0.29) is 28.4 Å². The quantitative estimate of drug-likeness (QED) is 0.272. The van der Waals surface area contributed by atoms with Crippen molar-refractivity contribution in [1.82, 2.24) is 14.8 Å². The zero-order chi connectivity index (χ0) is 22.3. The van der Waals surface area contributed by atoms with Gasteiger partial charge < -0.3 is 9.88 Å². The van der Waals surface area contributed by atoms with E-state index in [0.717, 1.165) is 23.6 Å². The summed E-state index contributed by atoms with van der Waals surface area (Å²) in [4.78, 5) is 23.2. The summed E-state index contributed by atoms with van der Waals surface area (Å²) in [5.41, 5.74) is 0.186. The van der Waals surface area contributed by atoms with Crippen LogP contribution < -0.4 is 5.32 Å². The summed E-state index contributed by atoms with van der Waals surface area (Å²) in [7, 11) is 0. The average molecular weight is 454 g/mol. The van der Waals surface area contributed by atoms with Gasteiger partial charge >= 0.3 is 0 Å². The number of nitro benzene ring substituents is 1. The Labute approximate surface area is 191 Å². The van der Waals surface area contributed by atoms with E-state index in [0.29, 0.717) is 11.7 Å². The molecule has 8 nitrogen and oxygen atoms in total. The molecule has 2 aromatic rings. The molecule has 1 aromatic heterocycles. The van der Waals surface area contributed by atoms with Crippen molar-refractivity contribution in [3.05, 3.63) is 52.9 Å². The number of nitrogens with one attached hydrogen (secondary N) is 1. The fraction of sp³-hybridized carbons (Fsp3) is 0.522. The number of benzene rings is 1. The Morgan fingerprint density at radius 3 is 2.50 bits per heavy atom. The first-order chi connectivity index (χ1) is 15.5. The molecule has 32 heavy (non-hydrogen) atoms. The van der Waals surface area contributed by atoms with Gasteiger partial charge in [-0.05, 0) is 62.3 Å². The van der Waals surface area contributed by atoms with Gasteiger partial charge in [-0.1, -0.05) is 30.0 Å². The highest BCUT2D eigenvalue weighted by Gasteiger charge is 2.53. The van der Waals surface area contributed by atoms with E-state index in [9.17, 15) is 14.9 Å². The number of para-hydroxylation sites is 2. The molecule has 0 unspecified atom stereocenters. The first kappa shape index (κ1) is 21.2. The second-order valence-corrected chi connectivity index (χ2v) is 10.5. The summed E-state index contributed by atoms with van der Waals surface area (Å²) in [6.45, 7) is 4.52. The van der Waals surface area contributed by atoms with Crippen molar-refractivity contribution in [2.75, 3.05) is 11.1 Å². The number of rotatable bonds is 8. The number of thioether (sulfide) groups is 1. The third-order valence-corrected chi connectivity index (χ3v) is 8.22. The Hall–Kier alpha value is -2.68. The van der Waals surface area contributed by atoms with Gasteiger partial charge in [-0.25, -0.2) is 0 Å². The van der Waals surface area contributed by atoms with E-state index in [4.69, 9.17) is 0 Å². The highest BCUT2D eigenvalue weighted by molar-refractivity contribution is 7.99. The molecular formula is C23H27N5O3S. The molecule has 0 radical (unpaired) electrons. The molecule has 0 atom stereocenters. The lowest BCUT2D eigenvalue weighted by Crippen LogP contribution is -2.49. The minimum absolute atomic E-state index is 0.0994. The van der Waals surface area contributed by atoms with Crippen molar-refractivity contribution in [2.45, 2.75) is 55.6 Å². The fourth-order valence-corrected chi connectivity index (χ4v) is 7.27. The van der Waals surface area contributed by atoms with E-state index in [1.807, 2.05) is 6.08 Å². The van der Waals surface area contributed by atoms with Gasteiger partial charge in [0.25, 0.3) is 5.69 Å². The molecule has 9 heteroatoms. The molecule has 1 heterocycles. The maximum absolute atomic E-state index is 12.5. The van der Waals surface area contributed by atoms with Gasteiger partial charge in [0.05, 0.1) is 10.7 Å². The molecule has 1 aromatic carbocycles. The minimum atomic E-state index is -0.499. The maximum atomic E-state index is 12.5. The number of carbonyl (C=O) groups excluding carboxylic acids is 1. The molecule has 0 aliphatic heterocycles. The van der Waals surface area contributed by atoms with Crippen molar-refractivity contribution >= 4 is 29.0 Å². The van der Waals surface area contributed by atoms with Crippen molar-refractivity contribution < 1.29 is 9.72 Å². The van der Waals surface area contributed by atoms with E-state index in [1.54, 1.807) is 12.1 Å². The summed E-state index contributed by atoms with van der Waals surface area (Å²) < 4.78 is 2.13. The summed E-state index contributed by atoms with van der Waals surface area (Å²) in [6.07, 6.45) is 9.52. The number of anilines is 1. The van der Waals surface area contributed by atoms with Crippen LogP contribution in [0.5, 0.6) is 0 Å². The lowest BCUT2D eigenvalue weighted by atomic mass is 9.49. The average Bonchev–Trinajstić information content (AvgIpc) is 3.15. The molecule has 4 bridgehead atoms. The van der Waals surface area contributed by atoms with Gasteiger partial charge in [0.1, 0.15) is 11.5 Å². The second kappa shape index (κ2) is 8.35. The molecule has 4 fully saturated rings. The molecule has 0 saturated heterocycles. The topological polar surface area (TPSA) is 103 Å². The maximum Gasteiger partial charge on any atom is 0.292 e. The lowest BCUT2D eigenvalue weighted by molar-refractivity contribution is -0.383. The van der Waals surface area contributed by atoms with Crippen molar-refractivity contribution in [1.29, 1.82) is 0 Å². The van der Waals surface area contributed by atoms with Crippen LogP contribution in [0, 0.1) is 27.9 Å². The van der Waals surface area contributed by atoms with Gasteiger partial charge in [-0.2, -0.15) is 0 Å². The predicted molar refractivity (Wildman–Crippen MR) is 123 cm³/mol. The standard InChI is InChI=1S/C23H27N5O3S/c1-2-7-27-21(23-11-15-8-16(12-23)10-17(9-15)13-23)25-26-22(27)32-14-20(29)24-18-5-3-4-6-19(18)28(30)31/h2-6,15-17H,1,7-14H2,(H,24,29). The van der Waals surface area contributed by atoms with Crippen LogP contribution in [-0.4, -0.2) is 31.3 Å². The van der Waals surface area contributed by atoms with Gasteiger partial charge in [-0.15, -0.1) is 16.8 Å². The Balaban J connectivity index is 1.32. The number of carbonyl (C=O) groups is 1. The molecule has 0 spiro atoms. The van der Waals surface area contributed by atoms with Gasteiger partial charge in [0.2, 0.25) is 5.91 Å². The lowest BCUT2D eigenvalue weighted by Gasteiger charge is -2.56. The van der Waals surface area contributed by atoms with Crippen LogP contribution in [0.1, 0.15) is 44.3 Å². The number of allylic oxidation sites excluding steroid dienone is 1. The fourth-order valence-electron chi connectivity index (χ4n) is 6.52. The van der Waals surface area contributed by atoms with Crippen LogP contribution in [0.15, 0.2) is 42.1 Å². The summed E-state index contributed by atoms with van der Waals surface area (Å²) >= 11 is 1.31. The Morgan fingerprint density at radius 2 is 1.88 bits per heavy atom. The van der Waals surface area contributed by atoms with E-state index in [2.05, 4.69) is 26.7 Å². The van der Waals surface area contributed by atoms with E-state index < -0.39 is 4.92 Å². The minimum Gasteiger partial charge on any atom is -0.320 e. The van der Waals surface area contributed by atoms with Crippen LogP contribution in [0.25, 0.3) is 0 Å². The highest BCUT2D eigenvalue weighted by Crippen LogP contribution is 2.60. The number of hydrogen-bond acceptors (Lipinski definition) is 6.